The van der Waals surface area contributed by atoms with Crippen molar-refractivity contribution in [3.63, 3.8) is 0 Å². The van der Waals surface area contributed by atoms with Gasteiger partial charge in [0.05, 0.1) is 12.1 Å². The minimum absolute atomic E-state index is 0.0183. The van der Waals surface area contributed by atoms with Crippen LogP contribution in [0.4, 0.5) is 10.1 Å². The van der Waals surface area contributed by atoms with Crippen LogP contribution in [-0.4, -0.2) is 19.6 Å². The summed E-state index contributed by atoms with van der Waals surface area (Å²) in [6.45, 7) is 0.378. The van der Waals surface area contributed by atoms with Gasteiger partial charge in [0.15, 0.2) is 0 Å². The highest BCUT2D eigenvalue weighted by Crippen LogP contribution is 2.30. The molecule has 0 saturated heterocycles. The van der Waals surface area contributed by atoms with Crippen LogP contribution >= 0.6 is 11.6 Å². The number of para-hydroxylation sites is 1. The molecule has 0 aliphatic heterocycles. The molecule has 3 rings (SSSR count). The zero-order chi connectivity index (χ0) is 20.6. The molecule has 0 N–H and O–H groups in total. The Morgan fingerprint density at radius 1 is 1.24 bits per heavy atom. The molecule has 29 heavy (non-hydrogen) atoms. The summed E-state index contributed by atoms with van der Waals surface area (Å²) < 4.78 is 19.0. The average molecular weight is 416 g/mol. The number of amides is 1. The smallest absolute Gasteiger partial charge is 0.227 e. The molecule has 0 heterocycles. The summed E-state index contributed by atoms with van der Waals surface area (Å²) in [5.74, 6) is 0.956. The van der Waals surface area contributed by atoms with E-state index in [2.05, 4.69) is 0 Å². The topological polar surface area (TPSA) is 29.5 Å². The van der Waals surface area contributed by atoms with Crippen LogP contribution in [0.5, 0.6) is 5.75 Å². The van der Waals surface area contributed by atoms with E-state index in [4.69, 9.17) is 16.3 Å². The number of halogens is 2. The molecule has 154 valence electrons. The molecule has 3 nitrogen and oxygen atoms in total. The van der Waals surface area contributed by atoms with Gasteiger partial charge < -0.3 is 9.64 Å². The quantitative estimate of drug-likeness (QED) is 0.492. The first kappa shape index (κ1) is 21.4. The fourth-order valence-corrected chi connectivity index (χ4v) is 4.03. The lowest BCUT2D eigenvalue weighted by Crippen LogP contribution is -2.31. The monoisotopic (exact) mass is 415 g/mol. The lowest BCUT2D eigenvalue weighted by molar-refractivity contribution is -0.118. The number of anilines is 1. The molecule has 1 saturated carbocycles. The number of methoxy groups -OCH3 is 1. The van der Waals surface area contributed by atoms with Gasteiger partial charge in [-0.25, -0.2) is 4.39 Å². The summed E-state index contributed by atoms with van der Waals surface area (Å²) in [5.41, 5.74) is 1.54. The van der Waals surface area contributed by atoms with Crippen LogP contribution in [0.2, 0.25) is 5.02 Å². The average Bonchev–Trinajstić information content (AvgIpc) is 3.25. The highest BCUT2D eigenvalue weighted by Gasteiger charge is 2.20. The fourth-order valence-electron chi connectivity index (χ4n) is 3.85. The molecule has 1 fully saturated rings. The lowest BCUT2D eigenvalue weighted by Gasteiger charge is -2.22. The van der Waals surface area contributed by atoms with E-state index in [9.17, 15) is 9.18 Å². The maximum absolute atomic E-state index is 13.6. The standard InChI is InChI=1S/C24H27ClFNO2/c1-29-23-11-5-4-9-19(23)10-6-16-27(20-13-14-22(26)21(25)17-20)24(28)15-12-18-7-2-3-8-18/h4-6,9-11,13-14,17-18H,2-3,7-8,12,15-16H2,1H3/b10-6+. The molecule has 1 amide bonds. The SMILES string of the molecule is COc1ccccc1/C=C/CN(C(=O)CCC1CCCC1)c1ccc(F)c(Cl)c1. The Morgan fingerprint density at radius 2 is 2.00 bits per heavy atom. The number of nitrogens with zero attached hydrogens (tertiary/aromatic N) is 1. The first-order valence-electron chi connectivity index (χ1n) is 10.1. The van der Waals surface area contributed by atoms with Crippen LogP contribution < -0.4 is 9.64 Å². The van der Waals surface area contributed by atoms with E-state index >= 15 is 0 Å². The molecule has 0 spiro atoms. The predicted molar refractivity (Wildman–Crippen MR) is 117 cm³/mol. The van der Waals surface area contributed by atoms with Gasteiger partial charge >= 0.3 is 0 Å². The van der Waals surface area contributed by atoms with E-state index in [1.165, 1.54) is 37.8 Å². The van der Waals surface area contributed by atoms with E-state index in [1.807, 2.05) is 36.4 Å². The Hall–Kier alpha value is -2.33. The van der Waals surface area contributed by atoms with Crippen molar-refractivity contribution in [3.05, 3.63) is 64.9 Å². The maximum atomic E-state index is 13.6. The van der Waals surface area contributed by atoms with Gasteiger partial charge in [0.1, 0.15) is 11.6 Å². The van der Waals surface area contributed by atoms with Gasteiger partial charge in [-0.3, -0.25) is 4.79 Å². The van der Waals surface area contributed by atoms with Crippen molar-refractivity contribution in [3.8, 4) is 5.75 Å². The number of hydrogen-bond acceptors (Lipinski definition) is 2. The number of carbonyl (C=O) groups excluding carboxylic acids is 1. The minimum atomic E-state index is -0.488. The minimum Gasteiger partial charge on any atom is -0.496 e. The third-order valence-electron chi connectivity index (χ3n) is 5.48. The largest absolute Gasteiger partial charge is 0.496 e. The molecule has 0 atom stereocenters. The normalized spacial score (nSPS) is 14.4. The van der Waals surface area contributed by atoms with Crippen LogP contribution in [0.25, 0.3) is 6.08 Å². The molecule has 0 unspecified atom stereocenters. The van der Waals surface area contributed by atoms with Crippen LogP contribution in [0.15, 0.2) is 48.5 Å². The van der Waals surface area contributed by atoms with E-state index in [0.717, 1.165) is 17.7 Å². The van der Waals surface area contributed by atoms with E-state index in [1.54, 1.807) is 18.1 Å². The number of carbonyl (C=O) groups is 1. The van der Waals surface area contributed by atoms with Crippen LogP contribution in [0.1, 0.15) is 44.1 Å². The second kappa shape index (κ2) is 10.4. The van der Waals surface area contributed by atoms with E-state index in [-0.39, 0.29) is 10.9 Å². The van der Waals surface area contributed by atoms with Crippen molar-refractivity contribution in [2.24, 2.45) is 5.92 Å². The molecule has 5 heteroatoms. The molecular weight excluding hydrogens is 389 g/mol. The molecule has 2 aromatic rings. The van der Waals surface area contributed by atoms with Crippen molar-refractivity contribution >= 4 is 29.3 Å². The van der Waals surface area contributed by atoms with Crippen LogP contribution in [0.3, 0.4) is 0 Å². The van der Waals surface area contributed by atoms with Crippen LogP contribution in [0, 0.1) is 11.7 Å². The van der Waals surface area contributed by atoms with Crippen molar-refractivity contribution < 1.29 is 13.9 Å². The molecule has 0 bridgehead atoms. The van der Waals surface area contributed by atoms with Crippen molar-refractivity contribution in [2.45, 2.75) is 38.5 Å². The summed E-state index contributed by atoms with van der Waals surface area (Å²) in [7, 11) is 1.63. The summed E-state index contributed by atoms with van der Waals surface area (Å²) in [4.78, 5) is 14.7. The van der Waals surface area contributed by atoms with Gasteiger partial charge in [-0.15, -0.1) is 0 Å². The Bertz CT molecular complexity index is 862. The summed E-state index contributed by atoms with van der Waals surface area (Å²) in [6, 6.07) is 12.1. The van der Waals surface area contributed by atoms with Crippen molar-refractivity contribution in [1.82, 2.24) is 0 Å². The number of hydrogen-bond donors (Lipinski definition) is 0. The molecule has 1 aliphatic carbocycles. The first-order valence-corrected chi connectivity index (χ1v) is 10.5. The maximum Gasteiger partial charge on any atom is 0.227 e. The molecule has 2 aromatic carbocycles. The Morgan fingerprint density at radius 3 is 2.72 bits per heavy atom. The zero-order valence-corrected chi connectivity index (χ0v) is 17.5. The second-order valence-corrected chi connectivity index (χ2v) is 7.84. The third kappa shape index (κ3) is 5.83. The van der Waals surface area contributed by atoms with Gasteiger partial charge in [0.25, 0.3) is 0 Å². The number of ether oxygens (including phenoxy) is 1. The number of benzene rings is 2. The molecular formula is C24H27ClFNO2. The molecule has 0 aromatic heterocycles. The lowest BCUT2D eigenvalue weighted by atomic mass is 10.0. The predicted octanol–water partition coefficient (Wildman–Crippen LogP) is 6.50. The van der Waals surface area contributed by atoms with Crippen molar-refractivity contribution in [2.75, 3.05) is 18.6 Å². The van der Waals surface area contributed by atoms with Crippen molar-refractivity contribution in [1.29, 1.82) is 0 Å². The highest BCUT2D eigenvalue weighted by atomic mass is 35.5. The van der Waals surface area contributed by atoms with Gasteiger partial charge in [0.2, 0.25) is 5.91 Å². The van der Waals surface area contributed by atoms with E-state index < -0.39 is 5.82 Å². The Balaban J connectivity index is 1.75. The Labute approximate surface area is 177 Å². The van der Waals surface area contributed by atoms with Crippen LogP contribution in [-0.2, 0) is 4.79 Å². The molecule has 0 radical (unpaired) electrons. The molecule has 1 aliphatic rings. The third-order valence-corrected chi connectivity index (χ3v) is 5.77. The zero-order valence-electron chi connectivity index (χ0n) is 16.7. The first-order chi connectivity index (χ1) is 14.1. The summed E-state index contributed by atoms with van der Waals surface area (Å²) in [5, 5.41) is 0.0183. The van der Waals surface area contributed by atoms with Gasteiger partial charge in [-0.2, -0.15) is 0 Å². The fraction of sp³-hybridized carbons (Fsp3) is 0.375. The van der Waals surface area contributed by atoms with Gasteiger partial charge in [0, 0.05) is 24.2 Å². The summed E-state index contributed by atoms with van der Waals surface area (Å²) >= 11 is 5.97. The highest BCUT2D eigenvalue weighted by molar-refractivity contribution is 6.31. The second-order valence-electron chi connectivity index (χ2n) is 7.44. The van der Waals surface area contributed by atoms with E-state index in [0.29, 0.717) is 24.6 Å². The number of rotatable bonds is 8. The Kier molecular flexibility index (Phi) is 7.70. The van der Waals surface area contributed by atoms with Gasteiger partial charge in [-0.05, 0) is 36.6 Å². The van der Waals surface area contributed by atoms with Gasteiger partial charge in [-0.1, -0.05) is 67.6 Å². The summed E-state index contributed by atoms with van der Waals surface area (Å²) in [6.07, 6.45) is 10.2.